The average Bonchev–Trinajstić information content (AvgIpc) is 2.70. The highest BCUT2D eigenvalue weighted by Gasteiger charge is 2.25. The Bertz CT molecular complexity index is 432. The van der Waals surface area contributed by atoms with Crippen LogP contribution in [0.2, 0.25) is 0 Å². The first-order chi connectivity index (χ1) is 8.59. The molecule has 0 aliphatic heterocycles. The molecule has 0 aromatic carbocycles. The Morgan fingerprint density at radius 2 is 2.33 bits per heavy atom. The van der Waals surface area contributed by atoms with Crippen molar-refractivity contribution >= 4 is 11.6 Å². The number of nitrogens with one attached hydrogen (secondary N) is 1. The second-order valence-electron chi connectivity index (χ2n) is 4.78. The van der Waals surface area contributed by atoms with Gasteiger partial charge in [0, 0.05) is 19.5 Å². The predicted octanol–water partition coefficient (Wildman–Crippen LogP) is 1.29. The maximum absolute atomic E-state index is 10.8. The minimum atomic E-state index is -0.500. The molecule has 1 aromatic rings. The van der Waals surface area contributed by atoms with Gasteiger partial charge in [-0.25, -0.2) is 0 Å². The molecule has 1 heterocycles. The summed E-state index contributed by atoms with van der Waals surface area (Å²) < 4.78 is 1.59. The number of aliphatic hydroxyl groups is 1. The topological polar surface area (TPSA) is 93.2 Å². The predicted molar refractivity (Wildman–Crippen MR) is 66.3 cm³/mol. The molecule has 1 aliphatic rings. The maximum Gasteiger partial charge on any atom is 0.406 e. The van der Waals surface area contributed by atoms with Crippen molar-refractivity contribution < 1.29 is 10.0 Å². The molecule has 100 valence electrons. The number of nitro groups is 1. The van der Waals surface area contributed by atoms with Gasteiger partial charge in [0.1, 0.15) is 0 Å². The molecule has 1 fully saturated rings. The van der Waals surface area contributed by atoms with Gasteiger partial charge in [-0.1, -0.05) is 12.8 Å². The molecule has 1 aromatic heterocycles. The molecule has 2 atom stereocenters. The van der Waals surface area contributed by atoms with Crippen LogP contribution in [-0.2, 0) is 7.05 Å². The fourth-order valence-electron chi connectivity index (χ4n) is 2.41. The summed E-state index contributed by atoms with van der Waals surface area (Å²) >= 11 is 0. The van der Waals surface area contributed by atoms with Crippen LogP contribution in [0.3, 0.4) is 0 Å². The lowest BCUT2D eigenvalue weighted by atomic mass is 9.86. The van der Waals surface area contributed by atoms with E-state index >= 15 is 0 Å². The molecule has 7 heteroatoms. The van der Waals surface area contributed by atoms with E-state index in [1.54, 1.807) is 11.6 Å². The quantitative estimate of drug-likeness (QED) is 0.623. The second-order valence-corrected chi connectivity index (χ2v) is 4.78. The van der Waals surface area contributed by atoms with Crippen molar-refractivity contribution in [3.05, 3.63) is 16.4 Å². The molecule has 18 heavy (non-hydrogen) atoms. The van der Waals surface area contributed by atoms with Crippen LogP contribution >= 0.6 is 0 Å². The van der Waals surface area contributed by atoms with E-state index in [4.69, 9.17) is 0 Å². The van der Waals surface area contributed by atoms with Crippen LogP contribution in [0.25, 0.3) is 0 Å². The molecule has 7 nitrogen and oxygen atoms in total. The summed E-state index contributed by atoms with van der Waals surface area (Å²) in [5.74, 6) is 0.397. The van der Waals surface area contributed by atoms with Gasteiger partial charge in [-0.05, 0) is 22.7 Å². The van der Waals surface area contributed by atoms with Gasteiger partial charge in [0.15, 0.2) is 0 Å². The molecule has 0 bridgehead atoms. The van der Waals surface area contributed by atoms with E-state index in [9.17, 15) is 15.2 Å². The van der Waals surface area contributed by atoms with E-state index in [0.717, 1.165) is 25.7 Å². The van der Waals surface area contributed by atoms with Crippen LogP contribution in [-0.4, -0.2) is 32.2 Å². The van der Waals surface area contributed by atoms with Crippen LogP contribution in [0.15, 0.2) is 6.33 Å². The minimum Gasteiger partial charge on any atom is -0.393 e. The van der Waals surface area contributed by atoms with Crippen molar-refractivity contribution in [1.82, 2.24) is 9.55 Å². The molecule has 0 spiro atoms. The average molecular weight is 254 g/mol. The summed E-state index contributed by atoms with van der Waals surface area (Å²) in [5.41, 5.74) is 0. The van der Waals surface area contributed by atoms with E-state index in [2.05, 4.69) is 10.3 Å². The Kier molecular flexibility index (Phi) is 3.81. The van der Waals surface area contributed by atoms with Crippen LogP contribution < -0.4 is 5.32 Å². The van der Waals surface area contributed by atoms with Gasteiger partial charge in [0.2, 0.25) is 12.1 Å². The fraction of sp³-hybridized carbons (Fsp3) is 0.727. The maximum atomic E-state index is 10.8. The van der Waals surface area contributed by atoms with E-state index in [1.165, 1.54) is 6.33 Å². The van der Waals surface area contributed by atoms with E-state index in [0.29, 0.717) is 12.4 Å². The molecular formula is C11H18N4O3. The third-order valence-corrected chi connectivity index (χ3v) is 3.49. The molecule has 2 unspecified atom stereocenters. The lowest BCUT2D eigenvalue weighted by molar-refractivity contribution is -0.388. The van der Waals surface area contributed by atoms with Crippen molar-refractivity contribution in [2.24, 2.45) is 13.0 Å². The van der Waals surface area contributed by atoms with E-state index < -0.39 is 4.92 Å². The van der Waals surface area contributed by atoms with E-state index in [-0.39, 0.29) is 17.8 Å². The number of aryl methyl sites for hydroxylation is 1. The Balaban J connectivity index is 2.01. The molecule has 2 N–H and O–H groups in total. The van der Waals surface area contributed by atoms with Crippen LogP contribution in [0.4, 0.5) is 11.6 Å². The van der Waals surface area contributed by atoms with Crippen molar-refractivity contribution in [1.29, 1.82) is 0 Å². The van der Waals surface area contributed by atoms with Crippen molar-refractivity contribution in [3.8, 4) is 0 Å². The molecule has 2 rings (SSSR count). The number of anilines is 1. The largest absolute Gasteiger partial charge is 0.406 e. The smallest absolute Gasteiger partial charge is 0.393 e. The van der Waals surface area contributed by atoms with Crippen molar-refractivity contribution in [2.75, 3.05) is 11.9 Å². The number of aliphatic hydroxyl groups excluding tert-OH is 1. The highest BCUT2D eigenvalue weighted by Crippen LogP contribution is 2.26. The highest BCUT2D eigenvalue weighted by molar-refractivity contribution is 5.51. The Morgan fingerprint density at radius 1 is 1.61 bits per heavy atom. The molecular weight excluding hydrogens is 236 g/mol. The number of imidazole rings is 1. The number of rotatable bonds is 4. The molecule has 0 radical (unpaired) electrons. The third kappa shape index (κ3) is 2.61. The standard InChI is InChI=1S/C11H18N4O3/c1-14-7-13-11(15(17)18)10(14)12-6-8-4-2-3-5-9(8)16/h7-9,12,16H,2-6H2,1H3. The first kappa shape index (κ1) is 12.8. The lowest BCUT2D eigenvalue weighted by Crippen LogP contribution is -2.30. The Hall–Kier alpha value is -1.63. The van der Waals surface area contributed by atoms with Crippen LogP contribution in [0.1, 0.15) is 25.7 Å². The number of aromatic nitrogens is 2. The normalized spacial score (nSPS) is 23.9. The summed E-state index contributed by atoms with van der Waals surface area (Å²) in [5, 5.41) is 23.7. The zero-order valence-electron chi connectivity index (χ0n) is 10.4. The Labute approximate surface area is 105 Å². The van der Waals surface area contributed by atoms with Gasteiger partial charge in [-0.15, -0.1) is 0 Å². The van der Waals surface area contributed by atoms with Crippen molar-refractivity contribution in [2.45, 2.75) is 31.8 Å². The summed E-state index contributed by atoms with van der Waals surface area (Å²) in [6.07, 6.45) is 5.05. The van der Waals surface area contributed by atoms with E-state index in [1.807, 2.05) is 0 Å². The molecule has 1 aliphatic carbocycles. The first-order valence-corrected chi connectivity index (χ1v) is 6.17. The van der Waals surface area contributed by atoms with Crippen LogP contribution in [0, 0.1) is 16.0 Å². The fourth-order valence-corrected chi connectivity index (χ4v) is 2.41. The monoisotopic (exact) mass is 254 g/mol. The summed E-state index contributed by atoms with van der Waals surface area (Å²) in [7, 11) is 1.71. The van der Waals surface area contributed by atoms with Crippen LogP contribution in [0.5, 0.6) is 0 Å². The van der Waals surface area contributed by atoms with Crippen molar-refractivity contribution in [3.63, 3.8) is 0 Å². The Morgan fingerprint density at radius 3 is 3.00 bits per heavy atom. The lowest BCUT2D eigenvalue weighted by Gasteiger charge is -2.27. The summed E-state index contributed by atoms with van der Waals surface area (Å²) in [6, 6.07) is 0. The number of nitrogens with zero attached hydrogens (tertiary/aromatic N) is 3. The molecule has 0 amide bonds. The minimum absolute atomic E-state index is 0.160. The summed E-state index contributed by atoms with van der Waals surface area (Å²) in [6.45, 7) is 0.543. The SMILES string of the molecule is Cn1cnc([N+](=O)[O-])c1NCC1CCCCC1O. The number of hydrogen-bond acceptors (Lipinski definition) is 5. The number of hydrogen-bond donors (Lipinski definition) is 2. The third-order valence-electron chi connectivity index (χ3n) is 3.49. The van der Waals surface area contributed by atoms with Gasteiger partial charge < -0.3 is 20.5 Å². The van der Waals surface area contributed by atoms with Gasteiger partial charge in [-0.2, -0.15) is 0 Å². The zero-order valence-corrected chi connectivity index (χ0v) is 10.4. The van der Waals surface area contributed by atoms with Gasteiger partial charge in [0.05, 0.1) is 6.10 Å². The van der Waals surface area contributed by atoms with Gasteiger partial charge >= 0.3 is 5.82 Å². The zero-order chi connectivity index (χ0) is 13.1. The molecule has 0 saturated heterocycles. The second kappa shape index (κ2) is 5.34. The molecule has 1 saturated carbocycles. The summed E-state index contributed by atoms with van der Waals surface area (Å²) in [4.78, 5) is 14.0. The van der Waals surface area contributed by atoms with Gasteiger partial charge in [-0.3, -0.25) is 4.57 Å². The van der Waals surface area contributed by atoms with Gasteiger partial charge in [0.25, 0.3) is 0 Å². The highest BCUT2D eigenvalue weighted by atomic mass is 16.6. The first-order valence-electron chi connectivity index (χ1n) is 6.17.